The van der Waals surface area contributed by atoms with E-state index in [1.807, 2.05) is 0 Å². The van der Waals surface area contributed by atoms with Gasteiger partial charge in [0.1, 0.15) is 0 Å². The van der Waals surface area contributed by atoms with Gasteiger partial charge in [0.05, 0.1) is 9.75 Å². The lowest BCUT2D eigenvalue weighted by molar-refractivity contribution is 0.0986. The van der Waals surface area contributed by atoms with Crippen LogP contribution in [0, 0.1) is 0 Å². The van der Waals surface area contributed by atoms with E-state index in [1.54, 1.807) is 17.5 Å². The fourth-order valence-electron chi connectivity index (χ4n) is 1.92. The van der Waals surface area contributed by atoms with Crippen molar-refractivity contribution >= 4 is 34.2 Å². The highest BCUT2D eigenvalue weighted by molar-refractivity contribution is 7.16. The number of aliphatic hydroxyl groups excluding tert-OH is 1. The fourth-order valence-corrected chi connectivity index (χ4v) is 3.86. The Morgan fingerprint density at radius 2 is 1.88 bits per heavy atom. The summed E-state index contributed by atoms with van der Waals surface area (Å²) in [7, 11) is 0. The number of carbonyl (C=O) groups is 2. The first-order chi connectivity index (χ1) is 8.22. The van der Waals surface area contributed by atoms with E-state index in [1.165, 1.54) is 22.7 Å². The van der Waals surface area contributed by atoms with E-state index >= 15 is 0 Å². The predicted octanol–water partition coefficient (Wildman–Crippen LogP) is 2.12. The Morgan fingerprint density at radius 3 is 2.65 bits per heavy atom. The second-order valence-electron chi connectivity index (χ2n) is 3.75. The van der Waals surface area contributed by atoms with Gasteiger partial charge in [-0.05, 0) is 17.5 Å². The van der Waals surface area contributed by atoms with Crippen molar-refractivity contribution in [2.45, 2.75) is 6.42 Å². The van der Waals surface area contributed by atoms with Gasteiger partial charge in [-0.1, -0.05) is 0 Å². The van der Waals surface area contributed by atoms with Gasteiger partial charge in [0.25, 0.3) is 0 Å². The molecule has 0 amide bonds. The summed E-state index contributed by atoms with van der Waals surface area (Å²) in [6, 6.07) is 3.44. The molecule has 0 spiro atoms. The molecule has 17 heavy (non-hydrogen) atoms. The molecule has 3 nitrogen and oxygen atoms in total. The zero-order chi connectivity index (χ0) is 12.0. The third-order valence-corrected chi connectivity index (χ3v) is 4.82. The third-order valence-electron chi connectivity index (χ3n) is 2.71. The SMILES string of the molecule is O=C1c2cc(CCO)sc2C(=O)c2ccsc21. The summed E-state index contributed by atoms with van der Waals surface area (Å²) < 4.78 is 0. The van der Waals surface area contributed by atoms with Crippen LogP contribution in [0.25, 0.3) is 0 Å². The zero-order valence-electron chi connectivity index (χ0n) is 8.73. The molecule has 0 fully saturated rings. The summed E-state index contributed by atoms with van der Waals surface area (Å²) in [5.74, 6) is -0.130. The minimum atomic E-state index is -0.0648. The average Bonchev–Trinajstić information content (AvgIpc) is 2.92. The van der Waals surface area contributed by atoms with Gasteiger partial charge in [0, 0.05) is 29.0 Å². The Labute approximate surface area is 105 Å². The molecule has 0 saturated heterocycles. The Balaban J connectivity index is 2.16. The van der Waals surface area contributed by atoms with Gasteiger partial charge in [-0.25, -0.2) is 0 Å². The van der Waals surface area contributed by atoms with Gasteiger partial charge in [0.2, 0.25) is 11.6 Å². The minimum absolute atomic E-state index is 0.0313. The highest BCUT2D eigenvalue weighted by Crippen LogP contribution is 2.35. The number of fused-ring (bicyclic) bond motifs is 2. The monoisotopic (exact) mass is 264 g/mol. The molecule has 5 heteroatoms. The third kappa shape index (κ3) is 1.50. The number of rotatable bonds is 2. The van der Waals surface area contributed by atoms with Gasteiger partial charge in [-0.3, -0.25) is 9.59 Å². The molecule has 2 heterocycles. The summed E-state index contributed by atoms with van der Waals surface area (Å²) in [6.07, 6.45) is 0.492. The lowest BCUT2D eigenvalue weighted by atomic mass is 9.96. The topological polar surface area (TPSA) is 54.4 Å². The maximum absolute atomic E-state index is 12.1. The van der Waals surface area contributed by atoms with E-state index in [4.69, 9.17) is 5.11 Å². The Bertz CT molecular complexity index is 573. The van der Waals surface area contributed by atoms with Crippen LogP contribution >= 0.6 is 22.7 Å². The Hall–Kier alpha value is -1.30. The van der Waals surface area contributed by atoms with Crippen molar-refractivity contribution in [3.63, 3.8) is 0 Å². The molecule has 2 aromatic heterocycles. The van der Waals surface area contributed by atoms with Gasteiger partial charge in [-0.15, -0.1) is 22.7 Å². The quantitative estimate of drug-likeness (QED) is 0.771. The fraction of sp³-hybridized carbons (Fsp3) is 0.167. The second-order valence-corrected chi connectivity index (χ2v) is 5.80. The van der Waals surface area contributed by atoms with Gasteiger partial charge in [-0.2, -0.15) is 0 Å². The molecule has 1 N–H and O–H groups in total. The molecule has 0 atom stereocenters. The minimum Gasteiger partial charge on any atom is -0.396 e. The number of thiophene rings is 2. The van der Waals surface area contributed by atoms with Crippen LogP contribution in [0.1, 0.15) is 35.3 Å². The lowest BCUT2D eigenvalue weighted by Crippen LogP contribution is -2.15. The van der Waals surface area contributed by atoms with Crippen LogP contribution in [-0.2, 0) is 6.42 Å². The normalized spacial score (nSPS) is 13.7. The number of aliphatic hydroxyl groups is 1. The van der Waals surface area contributed by atoms with Crippen molar-refractivity contribution in [1.29, 1.82) is 0 Å². The predicted molar refractivity (Wildman–Crippen MR) is 66.3 cm³/mol. The molecule has 0 unspecified atom stereocenters. The molecule has 0 aliphatic heterocycles. The first-order valence-electron chi connectivity index (χ1n) is 5.13. The standard InChI is InChI=1S/C12H8O3S2/c13-3-1-6-5-8-10(15)11-7(2-4-16-11)9(14)12(8)17-6/h2,4-5,13H,1,3H2. The summed E-state index contributed by atoms with van der Waals surface area (Å²) in [5, 5.41) is 10.7. The van der Waals surface area contributed by atoms with E-state index < -0.39 is 0 Å². The van der Waals surface area contributed by atoms with E-state index in [-0.39, 0.29) is 18.2 Å². The van der Waals surface area contributed by atoms with Crippen LogP contribution in [0.5, 0.6) is 0 Å². The number of ketones is 2. The summed E-state index contributed by atoms with van der Waals surface area (Å²) >= 11 is 2.62. The molecule has 86 valence electrons. The van der Waals surface area contributed by atoms with E-state index in [0.29, 0.717) is 27.3 Å². The molecule has 3 rings (SSSR count). The zero-order valence-corrected chi connectivity index (χ0v) is 10.4. The van der Waals surface area contributed by atoms with Crippen LogP contribution in [0.15, 0.2) is 17.5 Å². The number of hydrogen-bond donors (Lipinski definition) is 1. The molecule has 0 bridgehead atoms. The number of carbonyl (C=O) groups excluding carboxylic acids is 2. The Morgan fingerprint density at radius 1 is 1.12 bits per heavy atom. The summed E-state index contributed by atoms with van der Waals surface area (Å²) in [5.41, 5.74) is 1.02. The van der Waals surface area contributed by atoms with Gasteiger partial charge < -0.3 is 5.11 Å². The molecule has 0 aromatic carbocycles. The van der Waals surface area contributed by atoms with Crippen LogP contribution in [0.3, 0.4) is 0 Å². The smallest absolute Gasteiger partial charge is 0.205 e. The highest BCUT2D eigenvalue weighted by Gasteiger charge is 2.32. The largest absolute Gasteiger partial charge is 0.396 e. The van der Waals surface area contributed by atoms with Crippen molar-refractivity contribution in [3.05, 3.63) is 43.3 Å². The van der Waals surface area contributed by atoms with Crippen LogP contribution < -0.4 is 0 Å². The molecular formula is C12H8O3S2. The second kappa shape index (κ2) is 3.87. The first kappa shape index (κ1) is 10.8. The molecular weight excluding hydrogens is 256 g/mol. The van der Waals surface area contributed by atoms with Crippen molar-refractivity contribution < 1.29 is 14.7 Å². The maximum atomic E-state index is 12.1. The van der Waals surface area contributed by atoms with E-state index in [9.17, 15) is 9.59 Å². The molecule has 1 aliphatic rings. The molecule has 0 radical (unpaired) electrons. The maximum Gasteiger partial charge on any atom is 0.205 e. The number of hydrogen-bond acceptors (Lipinski definition) is 5. The lowest BCUT2D eigenvalue weighted by Gasteiger charge is -2.08. The van der Waals surface area contributed by atoms with Gasteiger partial charge in [0.15, 0.2) is 0 Å². The van der Waals surface area contributed by atoms with Crippen molar-refractivity contribution in [2.24, 2.45) is 0 Å². The van der Waals surface area contributed by atoms with Crippen LogP contribution in [-0.4, -0.2) is 23.3 Å². The highest BCUT2D eigenvalue weighted by atomic mass is 32.1. The molecule has 1 aliphatic carbocycles. The van der Waals surface area contributed by atoms with Crippen LogP contribution in [0.2, 0.25) is 0 Å². The van der Waals surface area contributed by atoms with Gasteiger partial charge >= 0.3 is 0 Å². The average molecular weight is 264 g/mol. The molecule has 0 saturated carbocycles. The first-order valence-corrected chi connectivity index (χ1v) is 6.82. The van der Waals surface area contributed by atoms with Crippen molar-refractivity contribution in [1.82, 2.24) is 0 Å². The van der Waals surface area contributed by atoms with E-state index in [0.717, 1.165) is 4.88 Å². The summed E-state index contributed by atoms with van der Waals surface area (Å²) in [4.78, 5) is 26.2. The van der Waals surface area contributed by atoms with Crippen molar-refractivity contribution in [2.75, 3.05) is 6.61 Å². The molecule has 2 aromatic rings. The van der Waals surface area contributed by atoms with Crippen LogP contribution in [0.4, 0.5) is 0 Å². The Kier molecular flexibility index (Phi) is 2.47. The van der Waals surface area contributed by atoms with E-state index in [2.05, 4.69) is 0 Å². The van der Waals surface area contributed by atoms with Crippen molar-refractivity contribution in [3.8, 4) is 0 Å². The summed E-state index contributed by atoms with van der Waals surface area (Å²) in [6.45, 7) is 0.0313.